The lowest BCUT2D eigenvalue weighted by atomic mass is 10.1. The summed E-state index contributed by atoms with van der Waals surface area (Å²) in [5, 5.41) is 11.7. The van der Waals surface area contributed by atoms with Gasteiger partial charge in [0.25, 0.3) is 0 Å². The molecule has 1 saturated heterocycles. The molecule has 1 aliphatic heterocycles. The van der Waals surface area contributed by atoms with Crippen molar-refractivity contribution in [2.75, 3.05) is 26.7 Å². The maximum absolute atomic E-state index is 11.7. The topological polar surface area (TPSA) is 78.6 Å². The Morgan fingerprint density at radius 3 is 2.64 bits per heavy atom. The molecule has 1 rings (SSSR count). The molecule has 0 aromatic rings. The number of carbonyl (C=O) groups is 1. The van der Waals surface area contributed by atoms with Gasteiger partial charge in [-0.2, -0.15) is 0 Å². The van der Waals surface area contributed by atoms with Gasteiger partial charge in [0.2, 0.25) is 5.91 Å². The van der Waals surface area contributed by atoms with Crippen LogP contribution in [0.15, 0.2) is 0 Å². The first-order chi connectivity index (χ1) is 6.69. The second kappa shape index (κ2) is 5.29. The normalized spacial score (nSPS) is 20.9. The molecule has 1 atom stereocenters. The number of nitrogens with zero attached hydrogens (tertiary/aromatic N) is 1. The van der Waals surface area contributed by atoms with Gasteiger partial charge in [-0.1, -0.05) is 0 Å². The molecule has 1 heterocycles. The molecule has 4 N–H and O–H groups in total. The van der Waals surface area contributed by atoms with Crippen LogP contribution in [0.5, 0.6) is 0 Å². The molecule has 0 radical (unpaired) electrons. The summed E-state index contributed by atoms with van der Waals surface area (Å²) < 4.78 is 0. The van der Waals surface area contributed by atoms with Crippen molar-refractivity contribution < 1.29 is 9.90 Å². The number of rotatable bonds is 3. The lowest BCUT2D eigenvalue weighted by molar-refractivity contribution is -0.135. The number of hydrogen-bond donors (Lipinski definition) is 3. The highest BCUT2D eigenvalue weighted by Crippen LogP contribution is 2.09. The minimum Gasteiger partial charge on any atom is -0.394 e. The van der Waals surface area contributed by atoms with Crippen molar-refractivity contribution in [3.05, 3.63) is 0 Å². The van der Waals surface area contributed by atoms with Crippen molar-refractivity contribution in [1.82, 2.24) is 10.2 Å². The average Bonchev–Trinajstić information content (AvgIpc) is 2.20. The van der Waals surface area contributed by atoms with E-state index in [0.717, 1.165) is 12.8 Å². The lowest BCUT2D eigenvalue weighted by Crippen LogP contribution is -2.51. The number of likely N-dealkylation sites (N-methyl/N-ethyl adjacent to an activating group) is 1. The number of nitrogens with one attached hydrogen (secondary N) is 1. The molecule has 1 amide bonds. The summed E-state index contributed by atoms with van der Waals surface area (Å²) in [6.45, 7) is 1.26. The van der Waals surface area contributed by atoms with E-state index in [0.29, 0.717) is 13.1 Å². The minimum atomic E-state index is -0.468. The van der Waals surface area contributed by atoms with Crippen molar-refractivity contribution in [3.8, 4) is 0 Å². The molecule has 5 heteroatoms. The number of nitrogens with two attached hydrogens (primary N) is 1. The molecule has 0 unspecified atom stereocenters. The first-order valence-electron chi connectivity index (χ1n) is 5.01. The second-order valence-electron chi connectivity index (χ2n) is 3.69. The van der Waals surface area contributed by atoms with Gasteiger partial charge in [0.15, 0.2) is 0 Å². The van der Waals surface area contributed by atoms with Crippen LogP contribution in [-0.4, -0.2) is 54.7 Å². The first kappa shape index (κ1) is 11.4. The van der Waals surface area contributed by atoms with Gasteiger partial charge in [0, 0.05) is 19.1 Å². The van der Waals surface area contributed by atoms with Crippen LogP contribution >= 0.6 is 0 Å². The number of aliphatic hydroxyl groups excluding tert-OH is 1. The Bertz CT molecular complexity index is 186. The summed E-state index contributed by atoms with van der Waals surface area (Å²) in [4.78, 5) is 13.5. The molecule has 0 aromatic carbocycles. The molecule has 14 heavy (non-hydrogen) atoms. The zero-order valence-corrected chi connectivity index (χ0v) is 8.57. The van der Waals surface area contributed by atoms with E-state index in [1.54, 1.807) is 11.9 Å². The third kappa shape index (κ3) is 2.67. The van der Waals surface area contributed by atoms with Crippen LogP contribution in [0.25, 0.3) is 0 Å². The summed E-state index contributed by atoms with van der Waals surface area (Å²) in [5.41, 5.74) is 5.74. The summed E-state index contributed by atoms with van der Waals surface area (Å²) in [5.74, 6) is -0.0260. The van der Waals surface area contributed by atoms with Crippen LogP contribution in [0.3, 0.4) is 0 Å². The summed E-state index contributed by atoms with van der Waals surface area (Å²) >= 11 is 0. The zero-order valence-electron chi connectivity index (χ0n) is 8.57. The monoisotopic (exact) mass is 201 g/mol. The summed E-state index contributed by atoms with van der Waals surface area (Å²) in [7, 11) is 1.68. The molecular formula is C9H19N3O2. The fourth-order valence-electron chi connectivity index (χ4n) is 1.63. The van der Waals surface area contributed by atoms with Gasteiger partial charge in [-0.05, 0) is 19.9 Å². The van der Waals surface area contributed by atoms with Gasteiger partial charge in [0.05, 0.1) is 6.61 Å². The van der Waals surface area contributed by atoms with E-state index < -0.39 is 6.04 Å². The predicted octanol–water partition coefficient (Wildman–Crippen LogP) is -1.48. The SMILES string of the molecule is CN[C@@H](CO)C(=O)N1CCC(N)CC1. The minimum absolute atomic E-state index is 0.0260. The highest BCUT2D eigenvalue weighted by Gasteiger charge is 2.25. The van der Waals surface area contributed by atoms with Crippen molar-refractivity contribution in [2.24, 2.45) is 5.73 Å². The summed E-state index contributed by atoms with van der Waals surface area (Å²) in [6.07, 6.45) is 1.71. The quantitative estimate of drug-likeness (QED) is 0.520. The van der Waals surface area contributed by atoms with E-state index in [-0.39, 0.29) is 18.6 Å². The standard InChI is InChI=1S/C9H19N3O2/c1-11-8(6-13)9(14)12-4-2-7(10)3-5-12/h7-8,11,13H,2-6,10H2,1H3/t8-/m0/s1. The third-order valence-electron chi connectivity index (χ3n) is 2.68. The van der Waals surface area contributed by atoms with Gasteiger partial charge in [-0.3, -0.25) is 4.79 Å². The second-order valence-corrected chi connectivity index (χ2v) is 3.69. The van der Waals surface area contributed by atoms with E-state index in [2.05, 4.69) is 5.32 Å². The Labute approximate surface area is 84.3 Å². The zero-order chi connectivity index (χ0) is 10.6. The molecule has 82 valence electrons. The predicted molar refractivity (Wildman–Crippen MR) is 53.7 cm³/mol. The number of aliphatic hydroxyl groups is 1. The van der Waals surface area contributed by atoms with Crippen LogP contribution in [0.4, 0.5) is 0 Å². The van der Waals surface area contributed by atoms with Crippen molar-refractivity contribution >= 4 is 5.91 Å². The molecular weight excluding hydrogens is 182 g/mol. The van der Waals surface area contributed by atoms with Crippen LogP contribution in [-0.2, 0) is 4.79 Å². The Balaban J connectivity index is 2.44. The molecule has 0 aromatic heterocycles. The average molecular weight is 201 g/mol. The van der Waals surface area contributed by atoms with E-state index in [9.17, 15) is 4.79 Å². The molecule has 0 spiro atoms. The van der Waals surface area contributed by atoms with Gasteiger partial charge in [0.1, 0.15) is 6.04 Å². The summed E-state index contributed by atoms with van der Waals surface area (Å²) in [6, 6.07) is -0.245. The van der Waals surface area contributed by atoms with Gasteiger partial charge in [-0.25, -0.2) is 0 Å². The number of piperidine rings is 1. The largest absolute Gasteiger partial charge is 0.394 e. The molecule has 0 aliphatic carbocycles. The van der Waals surface area contributed by atoms with Crippen LogP contribution < -0.4 is 11.1 Å². The Kier molecular flexibility index (Phi) is 4.31. The maximum atomic E-state index is 11.7. The van der Waals surface area contributed by atoms with Crippen molar-refractivity contribution in [3.63, 3.8) is 0 Å². The Morgan fingerprint density at radius 1 is 1.64 bits per heavy atom. The lowest BCUT2D eigenvalue weighted by Gasteiger charge is -2.32. The number of carbonyl (C=O) groups excluding carboxylic acids is 1. The van der Waals surface area contributed by atoms with Crippen molar-refractivity contribution in [1.29, 1.82) is 0 Å². The first-order valence-corrected chi connectivity index (χ1v) is 5.01. The molecule has 1 fully saturated rings. The highest BCUT2D eigenvalue weighted by molar-refractivity contribution is 5.82. The van der Waals surface area contributed by atoms with Crippen LogP contribution in [0.2, 0.25) is 0 Å². The smallest absolute Gasteiger partial charge is 0.242 e. The fourth-order valence-corrected chi connectivity index (χ4v) is 1.63. The number of amides is 1. The molecule has 0 saturated carbocycles. The van der Waals surface area contributed by atoms with Gasteiger partial charge >= 0.3 is 0 Å². The van der Waals surface area contributed by atoms with Gasteiger partial charge < -0.3 is 21.1 Å². The van der Waals surface area contributed by atoms with Gasteiger partial charge in [-0.15, -0.1) is 0 Å². The van der Waals surface area contributed by atoms with E-state index in [1.807, 2.05) is 0 Å². The highest BCUT2D eigenvalue weighted by atomic mass is 16.3. The van der Waals surface area contributed by atoms with E-state index in [4.69, 9.17) is 10.8 Å². The maximum Gasteiger partial charge on any atom is 0.242 e. The molecule has 5 nitrogen and oxygen atoms in total. The van der Waals surface area contributed by atoms with Crippen LogP contribution in [0.1, 0.15) is 12.8 Å². The fraction of sp³-hybridized carbons (Fsp3) is 0.889. The number of likely N-dealkylation sites (tertiary alicyclic amines) is 1. The third-order valence-corrected chi connectivity index (χ3v) is 2.68. The Hall–Kier alpha value is -0.650. The Morgan fingerprint density at radius 2 is 2.21 bits per heavy atom. The van der Waals surface area contributed by atoms with E-state index >= 15 is 0 Å². The molecule has 1 aliphatic rings. The van der Waals surface area contributed by atoms with Crippen LogP contribution in [0, 0.1) is 0 Å². The molecule has 0 bridgehead atoms. The number of hydrogen-bond acceptors (Lipinski definition) is 4. The van der Waals surface area contributed by atoms with Crippen molar-refractivity contribution in [2.45, 2.75) is 24.9 Å². The van der Waals surface area contributed by atoms with E-state index in [1.165, 1.54) is 0 Å².